The van der Waals surface area contributed by atoms with Crippen LogP contribution in [0.1, 0.15) is 45.0 Å². The minimum atomic E-state index is -0.525. The molecule has 0 atom stereocenters. The molecule has 124 valence electrons. The van der Waals surface area contributed by atoms with Crippen LogP contribution in [0.5, 0.6) is 0 Å². The summed E-state index contributed by atoms with van der Waals surface area (Å²) in [6.07, 6.45) is 0. The number of hydrogen-bond donors (Lipinski definition) is 3. The van der Waals surface area contributed by atoms with E-state index >= 15 is 0 Å². The molecule has 1 rings (SSSR count). The number of amides is 2. The Morgan fingerprint density at radius 2 is 1.64 bits per heavy atom. The molecule has 0 aliphatic rings. The summed E-state index contributed by atoms with van der Waals surface area (Å²) >= 11 is 0. The number of hydrogen-bond acceptors (Lipinski definition) is 3. The molecular weight excluding hydrogens is 302 g/mol. The molecule has 1 aromatic carbocycles. The average molecular weight is 328 g/mol. The minimum absolute atomic E-state index is 0. The minimum Gasteiger partial charge on any atom is -0.350 e. The zero-order chi connectivity index (χ0) is 16.3. The van der Waals surface area contributed by atoms with Gasteiger partial charge >= 0.3 is 0 Å². The molecule has 0 bridgehead atoms. The van der Waals surface area contributed by atoms with Gasteiger partial charge in [-0.05, 0) is 26.0 Å². The van der Waals surface area contributed by atoms with Crippen LogP contribution in [0.2, 0.25) is 0 Å². The van der Waals surface area contributed by atoms with E-state index in [1.54, 1.807) is 24.3 Å². The Morgan fingerprint density at radius 1 is 1.09 bits per heavy atom. The highest BCUT2D eigenvalue weighted by molar-refractivity contribution is 6.04. The van der Waals surface area contributed by atoms with Crippen LogP contribution < -0.4 is 16.4 Å². The molecule has 0 fully saturated rings. The first-order valence-corrected chi connectivity index (χ1v) is 6.98. The van der Waals surface area contributed by atoms with E-state index in [9.17, 15) is 9.59 Å². The van der Waals surface area contributed by atoms with Crippen LogP contribution >= 0.6 is 12.4 Å². The predicted octanol–water partition coefficient (Wildman–Crippen LogP) is 2.56. The summed E-state index contributed by atoms with van der Waals surface area (Å²) in [5, 5.41) is 5.57. The van der Waals surface area contributed by atoms with Crippen molar-refractivity contribution in [1.82, 2.24) is 5.32 Å². The van der Waals surface area contributed by atoms with Crippen LogP contribution in [-0.2, 0) is 4.79 Å². The topological polar surface area (TPSA) is 84.2 Å². The quantitative estimate of drug-likeness (QED) is 0.794. The smallest absolute Gasteiger partial charge is 0.253 e. The lowest BCUT2D eigenvalue weighted by atomic mass is 9.95. The Labute approximate surface area is 138 Å². The van der Waals surface area contributed by atoms with Crippen molar-refractivity contribution < 1.29 is 9.59 Å². The van der Waals surface area contributed by atoms with Gasteiger partial charge in [-0.2, -0.15) is 0 Å². The second kappa shape index (κ2) is 7.61. The first kappa shape index (κ1) is 20.4. The summed E-state index contributed by atoms with van der Waals surface area (Å²) in [6.45, 7) is 9.49. The van der Waals surface area contributed by atoms with E-state index in [2.05, 4.69) is 10.6 Å². The van der Waals surface area contributed by atoms with Crippen molar-refractivity contribution in [3.63, 3.8) is 0 Å². The molecule has 1 aromatic rings. The van der Waals surface area contributed by atoms with Gasteiger partial charge in [-0.1, -0.05) is 32.9 Å². The van der Waals surface area contributed by atoms with E-state index in [1.807, 2.05) is 34.6 Å². The normalized spacial score (nSPS) is 11.4. The third-order valence-electron chi connectivity index (χ3n) is 2.81. The van der Waals surface area contributed by atoms with Gasteiger partial charge in [0.2, 0.25) is 5.91 Å². The van der Waals surface area contributed by atoms with Crippen molar-refractivity contribution in [2.24, 2.45) is 11.1 Å². The number of para-hydroxylation sites is 1. The van der Waals surface area contributed by atoms with E-state index in [0.29, 0.717) is 17.8 Å². The molecule has 0 saturated heterocycles. The zero-order valence-electron chi connectivity index (χ0n) is 13.8. The molecule has 0 aromatic heterocycles. The molecule has 0 radical (unpaired) electrons. The summed E-state index contributed by atoms with van der Waals surface area (Å²) in [7, 11) is 0. The van der Waals surface area contributed by atoms with Crippen LogP contribution in [-0.4, -0.2) is 23.9 Å². The highest BCUT2D eigenvalue weighted by atomic mass is 35.5. The number of halogens is 1. The summed E-state index contributed by atoms with van der Waals surface area (Å²) in [6, 6.07) is 6.93. The van der Waals surface area contributed by atoms with Gasteiger partial charge in [0.05, 0.1) is 11.3 Å². The van der Waals surface area contributed by atoms with E-state index in [-0.39, 0.29) is 24.2 Å². The van der Waals surface area contributed by atoms with Crippen LogP contribution in [0.15, 0.2) is 24.3 Å². The predicted molar refractivity (Wildman–Crippen MR) is 92.4 cm³/mol. The summed E-state index contributed by atoms with van der Waals surface area (Å²) in [5.41, 5.74) is 5.78. The first-order chi connectivity index (χ1) is 9.50. The van der Waals surface area contributed by atoms with Gasteiger partial charge < -0.3 is 16.4 Å². The van der Waals surface area contributed by atoms with Crippen LogP contribution in [0.3, 0.4) is 0 Å². The third-order valence-corrected chi connectivity index (χ3v) is 2.81. The fourth-order valence-corrected chi connectivity index (χ4v) is 1.50. The van der Waals surface area contributed by atoms with Gasteiger partial charge in [0, 0.05) is 17.5 Å². The van der Waals surface area contributed by atoms with Crippen molar-refractivity contribution >= 4 is 29.9 Å². The second-order valence-electron chi connectivity index (χ2n) is 6.92. The highest BCUT2D eigenvalue weighted by Crippen LogP contribution is 2.20. The van der Waals surface area contributed by atoms with Crippen molar-refractivity contribution in [2.45, 2.75) is 40.2 Å². The SMILES string of the molecule is CC(C)(N)CNC(=O)c1ccccc1NC(=O)C(C)(C)C.Cl. The van der Waals surface area contributed by atoms with E-state index in [4.69, 9.17) is 5.73 Å². The van der Waals surface area contributed by atoms with Crippen LogP contribution in [0, 0.1) is 5.41 Å². The lowest BCUT2D eigenvalue weighted by molar-refractivity contribution is -0.123. The number of anilines is 1. The summed E-state index contributed by atoms with van der Waals surface area (Å²) in [5.74, 6) is -0.389. The number of nitrogens with two attached hydrogens (primary N) is 1. The lowest BCUT2D eigenvalue weighted by Gasteiger charge is -2.21. The van der Waals surface area contributed by atoms with E-state index < -0.39 is 11.0 Å². The van der Waals surface area contributed by atoms with Crippen molar-refractivity contribution in [3.05, 3.63) is 29.8 Å². The van der Waals surface area contributed by atoms with Gasteiger partial charge in [0.15, 0.2) is 0 Å². The van der Waals surface area contributed by atoms with Crippen molar-refractivity contribution in [1.29, 1.82) is 0 Å². The van der Waals surface area contributed by atoms with Gasteiger partial charge in [0.25, 0.3) is 5.91 Å². The zero-order valence-corrected chi connectivity index (χ0v) is 14.6. The number of benzene rings is 1. The second-order valence-corrected chi connectivity index (χ2v) is 6.92. The van der Waals surface area contributed by atoms with E-state index in [1.165, 1.54) is 0 Å². The largest absolute Gasteiger partial charge is 0.350 e. The molecule has 6 heteroatoms. The Bertz CT molecular complexity index is 531. The molecule has 0 unspecified atom stereocenters. The molecule has 0 heterocycles. The Kier molecular flexibility index (Phi) is 7.06. The van der Waals surface area contributed by atoms with Gasteiger partial charge in [-0.3, -0.25) is 9.59 Å². The molecular formula is C16H26ClN3O2. The fourth-order valence-electron chi connectivity index (χ4n) is 1.50. The number of carbonyl (C=O) groups is 2. The van der Waals surface area contributed by atoms with Crippen molar-refractivity contribution in [2.75, 3.05) is 11.9 Å². The average Bonchev–Trinajstić information content (AvgIpc) is 2.34. The molecule has 22 heavy (non-hydrogen) atoms. The Morgan fingerprint density at radius 3 is 2.14 bits per heavy atom. The maximum absolute atomic E-state index is 12.2. The fraction of sp³-hybridized carbons (Fsp3) is 0.500. The molecule has 0 aliphatic carbocycles. The van der Waals surface area contributed by atoms with E-state index in [0.717, 1.165) is 0 Å². The Hall–Kier alpha value is -1.59. The summed E-state index contributed by atoms with van der Waals surface area (Å²) < 4.78 is 0. The van der Waals surface area contributed by atoms with Gasteiger partial charge in [0.1, 0.15) is 0 Å². The molecule has 2 amide bonds. The monoisotopic (exact) mass is 327 g/mol. The highest BCUT2D eigenvalue weighted by Gasteiger charge is 2.23. The third kappa shape index (κ3) is 6.45. The first-order valence-electron chi connectivity index (χ1n) is 6.98. The maximum atomic E-state index is 12.2. The molecule has 0 spiro atoms. The summed E-state index contributed by atoms with van der Waals surface area (Å²) in [4.78, 5) is 24.3. The van der Waals surface area contributed by atoms with Gasteiger partial charge in [-0.15, -0.1) is 12.4 Å². The number of carbonyl (C=O) groups excluding carboxylic acids is 2. The van der Waals surface area contributed by atoms with Crippen LogP contribution in [0.4, 0.5) is 5.69 Å². The number of rotatable bonds is 4. The standard InChI is InChI=1S/C16H25N3O2.ClH/c1-15(2,3)14(21)19-12-9-7-6-8-11(12)13(20)18-10-16(4,5)17;/h6-9H,10,17H2,1-5H3,(H,18,20)(H,19,21);1H. The lowest BCUT2D eigenvalue weighted by Crippen LogP contribution is -2.45. The van der Waals surface area contributed by atoms with Gasteiger partial charge in [-0.25, -0.2) is 0 Å². The Balaban J connectivity index is 0.00000441. The maximum Gasteiger partial charge on any atom is 0.253 e. The molecule has 0 aliphatic heterocycles. The molecule has 5 nitrogen and oxygen atoms in total. The molecule has 0 saturated carbocycles. The van der Waals surface area contributed by atoms with Crippen LogP contribution in [0.25, 0.3) is 0 Å². The van der Waals surface area contributed by atoms with Crippen molar-refractivity contribution in [3.8, 4) is 0 Å². The molecule has 4 N–H and O–H groups in total. The number of nitrogens with one attached hydrogen (secondary N) is 2.